The second kappa shape index (κ2) is 8.59. The van der Waals surface area contributed by atoms with Crippen LogP contribution in [0.25, 0.3) is 11.3 Å². The van der Waals surface area contributed by atoms with Crippen LogP contribution in [-0.4, -0.2) is 10.7 Å². The summed E-state index contributed by atoms with van der Waals surface area (Å²) < 4.78 is 14.7. The summed E-state index contributed by atoms with van der Waals surface area (Å²) in [5.41, 5.74) is 5.38. The van der Waals surface area contributed by atoms with Crippen LogP contribution in [0.2, 0.25) is 5.02 Å². The lowest BCUT2D eigenvalue weighted by atomic mass is 9.96. The highest BCUT2D eigenvalue weighted by Crippen LogP contribution is 2.51. The van der Waals surface area contributed by atoms with Gasteiger partial charge in [-0.3, -0.25) is 0 Å². The number of benzene rings is 3. The van der Waals surface area contributed by atoms with Crippen molar-refractivity contribution < 1.29 is 9.15 Å². The van der Waals surface area contributed by atoms with E-state index in [1.807, 2.05) is 47.5 Å². The molecule has 0 spiro atoms. The summed E-state index contributed by atoms with van der Waals surface area (Å²) in [6.07, 6.45) is 0.284. The summed E-state index contributed by atoms with van der Waals surface area (Å²) in [5, 5.41) is 7.73. The number of ether oxygens (including phenoxy) is 1. The van der Waals surface area contributed by atoms with Crippen LogP contribution >= 0.6 is 43.5 Å². The van der Waals surface area contributed by atoms with Crippen LogP contribution in [0.1, 0.15) is 41.1 Å². The summed E-state index contributed by atoms with van der Waals surface area (Å²) >= 11 is 13.5. The number of hydrogen-bond acceptors (Lipinski definition) is 4. The van der Waals surface area contributed by atoms with Gasteiger partial charge in [-0.1, -0.05) is 69.5 Å². The third-order valence-corrected chi connectivity index (χ3v) is 7.45. The predicted molar refractivity (Wildman–Crippen MR) is 141 cm³/mol. The molecule has 0 saturated heterocycles. The van der Waals surface area contributed by atoms with E-state index in [0.29, 0.717) is 10.8 Å². The molecule has 0 N–H and O–H groups in total. The summed E-state index contributed by atoms with van der Waals surface area (Å²) in [4.78, 5) is 0. The Labute approximate surface area is 219 Å². The van der Waals surface area contributed by atoms with Crippen molar-refractivity contribution in [1.29, 1.82) is 0 Å². The fourth-order valence-corrected chi connectivity index (χ4v) is 6.05. The van der Waals surface area contributed by atoms with Crippen LogP contribution < -0.4 is 4.74 Å². The number of hydrazone groups is 1. The van der Waals surface area contributed by atoms with Gasteiger partial charge in [0.15, 0.2) is 5.76 Å². The van der Waals surface area contributed by atoms with Gasteiger partial charge < -0.3 is 9.15 Å². The lowest BCUT2D eigenvalue weighted by molar-refractivity contribution is -0.0328. The van der Waals surface area contributed by atoms with Gasteiger partial charge in [-0.05, 0) is 64.8 Å². The number of hydrogen-bond donors (Lipinski definition) is 0. The van der Waals surface area contributed by atoms with Crippen molar-refractivity contribution in [3.63, 3.8) is 0 Å². The molecule has 170 valence electrons. The maximum absolute atomic E-state index is 6.53. The Hall–Kier alpha value is -2.54. The Morgan fingerprint density at radius 3 is 2.59 bits per heavy atom. The van der Waals surface area contributed by atoms with E-state index in [1.54, 1.807) is 0 Å². The average molecular weight is 599 g/mol. The van der Waals surface area contributed by atoms with Gasteiger partial charge in [-0.25, -0.2) is 5.01 Å². The molecule has 0 fully saturated rings. The Morgan fingerprint density at radius 1 is 0.971 bits per heavy atom. The SMILES string of the molecule is Cc1ccc(C2=NN3C(C2)c2cc(Br)cc(Br)c2OC3c2ccc(-c3cccc(Cl)c3)o2)cc1. The summed E-state index contributed by atoms with van der Waals surface area (Å²) in [5.74, 6) is 2.24. The second-order valence-corrected chi connectivity index (χ2v) is 10.7. The molecule has 2 unspecified atom stereocenters. The van der Waals surface area contributed by atoms with Gasteiger partial charge in [0, 0.05) is 27.0 Å². The third kappa shape index (κ3) is 3.88. The molecule has 4 nitrogen and oxygen atoms in total. The molecule has 0 amide bonds. The molecule has 3 aromatic carbocycles. The normalized spacial score (nSPS) is 18.8. The average Bonchev–Trinajstić information content (AvgIpc) is 3.47. The maximum Gasteiger partial charge on any atom is 0.246 e. The summed E-state index contributed by atoms with van der Waals surface area (Å²) in [6.45, 7) is 2.09. The van der Waals surface area contributed by atoms with Crippen LogP contribution in [-0.2, 0) is 0 Å². The molecule has 1 aromatic heterocycles. The lowest BCUT2D eigenvalue weighted by Crippen LogP contribution is -2.33. The second-order valence-electron chi connectivity index (χ2n) is 8.50. The molecule has 0 radical (unpaired) electrons. The summed E-state index contributed by atoms with van der Waals surface area (Å²) in [7, 11) is 0. The van der Waals surface area contributed by atoms with Crippen LogP contribution in [0.5, 0.6) is 5.75 Å². The molecule has 4 aromatic rings. The molecular formula is C27H19Br2ClN2O2. The first kappa shape index (κ1) is 22.0. The van der Waals surface area contributed by atoms with Gasteiger partial charge in [-0.15, -0.1) is 0 Å². The zero-order valence-electron chi connectivity index (χ0n) is 18.1. The van der Waals surface area contributed by atoms with Gasteiger partial charge in [-0.2, -0.15) is 5.10 Å². The Kier molecular flexibility index (Phi) is 5.55. The molecular weight excluding hydrogens is 580 g/mol. The molecule has 0 bridgehead atoms. The Bertz CT molecular complexity index is 1430. The smallest absolute Gasteiger partial charge is 0.246 e. The third-order valence-electron chi connectivity index (χ3n) is 6.17. The standard InChI is InChI=1S/C27H19Br2ClN2O2/c1-15-5-7-16(8-6-15)22-14-23-20-12-18(28)13-21(29)26(20)34-27(32(23)31-22)25-10-9-24(33-25)17-3-2-4-19(30)11-17/h2-13,23,27H,14H2,1H3. The molecule has 2 atom stereocenters. The van der Waals surface area contributed by atoms with E-state index < -0.39 is 6.23 Å². The van der Waals surface area contributed by atoms with Gasteiger partial charge >= 0.3 is 0 Å². The minimum Gasteiger partial charge on any atom is -0.460 e. The molecule has 0 saturated carbocycles. The van der Waals surface area contributed by atoms with Crippen LogP contribution in [0, 0.1) is 6.92 Å². The van der Waals surface area contributed by atoms with Crippen LogP contribution in [0.15, 0.2) is 91.3 Å². The molecule has 3 heterocycles. The van der Waals surface area contributed by atoms with E-state index in [-0.39, 0.29) is 6.04 Å². The van der Waals surface area contributed by atoms with Gasteiger partial charge in [0.2, 0.25) is 6.23 Å². The highest BCUT2D eigenvalue weighted by Gasteiger charge is 2.43. The van der Waals surface area contributed by atoms with E-state index in [0.717, 1.165) is 49.3 Å². The van der Waals surface area contributed by atoms with Gasteiger partial charge in [0.1, 0.15) is 11.5 Å². The van der Waals surface area contributed by atoms with E-state index >= 15 is 0 Å². The molecule has 2 aliphatic rings. The van der Waals surface area contributed by atoms with Crippen molar-refractivity contribution >= 4 is 49.2 Å². The van der Waals surface area contributed by atoms with E-state index in [9.17, 15) is 0 Å². The number of aryl methyl sites for hydroxylation is 1. The summed E-state index contributed by atoms with van der Waals surface area (Å²) in [6, 6.07) is 24.2. The van der Waals surface area contributed by atoms with Crippen molar-refractivity contribution in [2.24, 2.45) is 5.10 Å². The number of rotatable bonds is 3. The highest BCUT2D eigenvalue weighted by molar-refractivity contribution is 9.11. The van der Waals surface area contributed by atoms with Crippen molar-refractivity contribution in [3.05, 3.63) is 109 Å². The lowest BCUT2D eigenvalue weighted by Gasteiger charge is -2.37. The van der Waals surface area contributed by atoms with Crippen molar-refractivity contribution in [3.8, 4) is 17.1 Å². The molecule has 34 heavy (non-hydrogen) atoms. The van der Waals surface area contributed by atoms with E-state index in [4.69, 9.17) is 25.9 Å². The largest absolute Gasteiger partial charge is 0.460 e. The number of halogens is 3. The Balaban J connectivity index is 1.43. The minimum atomic E-state index is -0.495. The van der Waals surface area contributed by atoms with Crippen molar-refractivity contribution in [2.45, 2.75) is 25.6 Å². The van der Waals surface area contributed by atoms with Crippen LogP contribution in [0.4, 0.5) is 0 Å². The Morgan fingerprint density at radius 2 is 1.79 bits per heavy atom. The predicted octanol–water partition coefficient (Wildman–Crippen LogP) is 8.68. The first-order valence-corrected chi connectivity index (χ1v) is 12.9. The monoisotopic (exact) mass is 596 g/mol. The quantitative estimate of drug-likeness (QED) is 0.237. The van der Waals surface area contributed by atoms with Crippen molar-refractivity contribution in [1.82, 2.24) is 5.01 Å². The van der Waals surface area contributed by atoms with Crippen LogP contribution in [0.3, 0.4) is 0 Å². The fourth-order valence-electron chi connectivity index (χ4n) is 4.51. The number of nitrogens with zero attached hydrogens (tertiary/aromatic N) is 2. The maximum atomic E-state index is 6.53. The molecule has 2 aliphatic heterocycles. The van der Waals surface area contributed by atoms with Gasteiger partial charge in [0.25, 0.3) is 0 Å². The molecule has 0 aliphatic carbocycles. The zero-order chi connectivity index (χ0) is 23.4. The first-order chi connectivity index (χ1) is 16.5. The first-order valence-electron chi connectivity index (χ1n) is 10.9. The van der Waals surface area contributed by atoms with Gasteiger partial charge in [0.05, 0.1) is 16.2 Å². The highest BCUT2D eigenvalue weighted by atomic mass is 79.9. The fraction of sp³-hybridized carbons (Fsp3) is 0.148. The topological polar surface area (TPSA) is 38.0 Å². The molecule has 6 rings (SSSR count). The zero-order valence-corrected chi connectivity index (χ0v) is 22.1. The molecule has 7 heteroatoms. The van der Waals surface area contributed by atoms with Crippen molar-refractivity contribution in [2.75, 3.05) is 0 Å². The number of furan rings is 1. The van der Waals surface area contributed by atoms with E-state index in [1.165, 1.54) is 5.56 Å². The minimum absolute atomic E-state index is 0.0265. The number of fused-ring (bicyclic) bond motifs is 3. The van der Waals surface area contributed by atoms with E-state index in [2.05, 4.69) is 69.1 Å².